The minimum atomic E-state index is -4.49. The molecule has 3 rings (SSSR count). The number of aryl methyl sites for hydroxylation is 2. The van der Waals surface area contributed by atoms with E-state index in [1.165, 1.54) is 10.7 Å². The van der Waals surface area contributed by atoms with Gasteiger partial charge in [-0.15, -0.1) is 0 Å². The molecule has 0 fully saturated rings. The van der Waals surface area contributed by atoms with Crippen molar-refractivity contribution in [1.82, 2.24) is 25.4 Å². The molecule has 2 N–H and O–H groups in total. The number of rotatable bonds is 6. The molecule has 1 aromatic carbocycles. The lowest BCUT2D eigenvalue weighted by atomic mass is 10.1. The molecule has 2 aromatic heterocycles. The van der Waals surface area contributed by atoms with Crippen molar-refractivity contribution in [2.24, 2.45) is 4.99 Å². The van der Waals surface area contributed by atoms with Gasteiger partial charge in [0.05, 0.1) is 16.9 Å². The van der Waals surface area contributed by atoms with E-state index in [0.29, 0.717) is 24.6 Å². The minimum Gasteiger partial charge on any atom is -0.356 e. The fraction of sp³-hybridized carbons (Fsp3) is 0.318. The first-order chi connectivity index (χ1) is 14.8. The zero-order valence-electron chi connectivity index (χ0n) is 17.7. The highest BCUT2D eigenvalue weighted by atomic mass is 19.4. The molecule has 0 aliphatic carbocycles. The summed E-state index contributed by atoms with van der Waals surface area (Å²) in [5.41, 5.74) is 2.25. The molecule has 0 amide bonds. The molecule has 0 unspecified atom stereocenters. The third-order valence-corrected chi connectivity index (χ3v) is 4.72. The van der Waals surface area contributed by atoms with Crippen molar-refractivity contribution in [3.8, 4) is 5.69 Å². The molecule has 6 nitrogen and oxygen atoms in total. The van der Waals surface area contributed by atoms with Gasteiger partial charge in [-0.1, -0.05) is 12.1 Å². The van der Waals surface area contributed by atoms with Crippen molar-refractivity contribution in [2.45, 2.75) is 33.0 Å². The number of guanidine groups is 1. The van der Waals surface area contributed by atoms with Gasteiger partial charge in [0.2, 0.25) is 0 Å². The predicted octanol–water partition coefficient (Wildman–Crippen LogP) is 3.81. The fourth-order valence-corrected chi connectivity index (χ4v) is 3.26. The summed E-state index contributed by atoms with van der Waals surface area (Å²) in [5.74, 6) is 0.423. The van der Waals surface area contributed by atoms with Gasteiger partial charge in [0.15, 0.2) is 5.96 Å². The van der Waals surface area contributed by atoms with Crippen LogP contribution in [0.5, 0.6) is 0 Å². The van der Waals surface area contributed by atoms with Crippen LogP contribution in [-0.2, 0) is 19.1 Å². The maximum absolute atomic E-state index is 13.7. The normalized spacial score (nSPS) is 12.1. The van der Waals surface area contributed by atoms with E-state index in [-0.39, 0.29) is 12.1 Å². The Hall–Kier alpha value is -3.36. The summed E-state index contributed by atoms with van der Waals surface area (Å²) < 4.78 is 42.7. The number of hydrogen-bond donors (Lipinski definition) is 2. The van der Waals surface area contributed by atoms with Crippen LogP contribution < -0.4 is 10.6 Å². The van der Waals surface area contributed by atoms with E-state index in [2.05, 4.69) is 25.7 Å². The summed E-state index contributed by atoms with van der Waals surface area (Å²) in [4.78, 5) is 8.33. The molecular weight excluding hydrogens is 405 g/mol. The lowest BCUT2D eigenvalue weighted by Crippen LogP contribution is -2.38. The number of benzene rings is 1. The summed E-state index contributed by atoms with van der Waals surface area (Å²) in [6, 6.07) is 11.7. The standard InChI is InChI=1S/C22H25F3N6/c1-15-12-16(2)31(30-15)19-8-7-17(20(13-19)22(23,24)25)14-29-21(26-3)28-11-9-18-6-4-5-10-27-18/h4-8,10,12-13H,9,11,14H2,1-3H3,(H2,26,28,29). The van der Waals surface area contributed by atoms with Crippen LogP contribution in [0.2, 0.25) is 0 Å². The number of alkyl halides is 3. The van der Waals surface area contributed by atoms with Crippen LogP contribution in [0.4, 0.5) is 13.2 Å². The Kier molecular flexibility index (Phi) is 6.94. The first kappa shape index (κ1) is 22.3. The van der Waals surface area contributed by atoms with Crippen molar-refractivity contribution in [3.05, 3.63) is 76.9 Å². The zero-order valence-corrected chi connectivity index (χ0v) is 17.7. The van der Waals surface area contributed by atoms with Gasteiger partial charge in [-0.05, 0) is 49.7 Å². The minimum absolute atomic E-state index is 0.0184. The van der Waals surface area contributed by atoms with Crippen molar-refractivity contribution in [3.63, 3.8) is 0 Å². The average molecular weight is 430 g/mol. The van der Waals surface area contributed by atoms with E-state index in [1.54, 1.807) is 26.2 Å². The highest BCUT2D eigenvalue weighted by Gasteiger charge is 2.33. The van der Waals surface area contributed by atoms with Gasteiger partial charge >= 0.3 is 6.18 Å². The molecule has 3 aromatic rings. The van der Waals surface area contributed by atoms with Crippen LogP contribution in [0.3, 0.4) is 0 Å². The van der Waals surface area contributed by atoms with E-state index >= 15 is 0 Å². The van der Waals surface area contributed by atoms with Crippen LogP contribution in [0.15, 0.2) is 53.7 Å². The molecule has 31 heavy (non-hydrogen) atoms. The number of hydrogen-bond acceptors (Lipinski definition) is 3. The van der Waals surface area contributed by atoms with Crippen molar-refractivity contribution in [1.29, 1.82) is 0 Å². The molecule has 0 spiro atoms. The number of nitrogens with zero attached hydrogens (tertiary/aromatic N) is 4. The van der Waals surface area contributed by atoms with Crippen molar-refractivity contribution in [2.75, 3.05) is 13.6 Å². The fourth-order valence-electron chi connectivity index (χ4n) is 3.26. The smallest absolute Gasteiger partial charge is 0.356 e. The summed E-state index contributed by atoms with van der Waals surface area (Å²) in [7, 11) is 1.58. The summed E-state index contributed by atoms with van der Waals surface area (Å²) in [6.07, 6.45) is -2.09. The Morgan fingerprint density at radius 1 is 1.10 bits per heavy atom. The molecule has 0 saturated heterocycles. The molecule has 0 aliphatic rings. The van der Waals surface area contributed by atoms with E-state index in [1.807, 2.05) is 31.2 Å². The third kappa shape index (κ3) is 5.84. The Bertz CT molecular complexity index is 1040. The van der Waals surface area contributed by atoms with Crippen molar-refractivity contribution < 1.29 is 13.2 Å². The second-order valence-electron chi connectivity index (χ2n) is 7.10. The number of nitrogens with one attached hydrogen (secondary N) is 2. The highest BCUT2D eigenvalue weighted by Crippen LogP contribution is 2.33. The van der Waals surface area contributed by atoms with Gasteiger partial charge in [0.25, 0.3) is 0 Å². The van der Waals surface area contributed by atoms with Crippen LogP contribution >= 0.6 is 0 Å². The SMILES string of the molecule is CN=C(NCCc1ccccn1)NCc1ccc(-n2nc(C)cc2C)cc1C(F)(F)F. The Morgan fingerprint density at radius 2 is 1.90 bits per heavy atom. The first-order valence-electron chi connectivity index (χ1n) is 9.86. The second-order valence-corrected chi connectivity index (χ2v) is 7.10. The molecule has 0 saturated carbocycles. The van der Waals surface area contributed by atoms with Crippen LogP contribution in [0.1, 0.15) is 28.2 Å². The molecule has 0 bridgehead atoms. The predicted molar refractivity (Wildman–Crippen MR) is 114 cm³/mol. The summed E-state index contributed by atoms with van der Waals surface area (Å²) >= 11 is 0. The van der Waals surface area contributed by atoms with Gasteiger partial charge in [0.1, 0.15) is 0 Å². The maximum Gasteiger partial charge on any atom is 0.416 e. The monoisotopic (exact) mass is 430 g/mol. The molecule has 2 heterocycles. The topological polar surface area (TPSA) is 67.1 Å². The largest absolute Gasteiger partial charge is 0.416 e. The van der Waals surface area contributed by atoms with Gasteiger partial charge < -0.3 is 10.6 Å². The molecule has 164 valence electrons. The van der Waals surface area contributed by atoms with Gasteiger partial charge in [0, 0.05) is 44.1 Å². The van der Waals surface area contributed by atoms with E-state index in [0.717, 1.165) is 23.1 Å². The van der Waals surface area contributed by atoms with Crippen LogP contribution in [0.25, 0.3) is 5.69 Å². The number of aliphatic imine (C=N–C) groups is 1. The zero-order chi connectivity index (χ0) is 22.4. The Morgan fingerprint density at radius 3 is 2.52 bits per heavy atom. The Balaban J connectivity index is 1.70. The van der Waals surface area contributed by atoms with E-state index in [4.69, 9.17) is 0 Å². The number of pyridine rings is 1. The molecule has 9 heteroatoms. The Labute approximate surface area is 179 Å². The molecular formula is C22H25F3N6. The van der Waals surface area contributed by atoms with Crippen LogP contribution in [0, 0.1) is 13.8 Å². The van der Waals surface area contributed by atoms with E-state index in [9.17, 15) is 13.2 Å². The van der Waals surface area contributed by atoms with Crippen LogP contribution in [-0.4, -0.2) is 34.3 Å². The first-order valence-corrected chi connectivity index (χ1v) is 9.86. The lowest BCUT2D eigenvalue weighted by Gasteiger charge is -2.17. The molecule has 0 radical (unpaired) electrons. The maximum atomic E-state index is 13.7. The molecule has 0 atom stereocenters. The third-order valence-electron chi connectivity index (χ3n) is 4.72. The lowest BCUT2D eigenvalue weighted by molar-refractivity contribution is -0.138. The summed E-state index contributed by atoms with van der Waals surface area (Å²) in [5, 5.41) is 10.3. The van der Waals surface area contributed by atoms with Gasteiger partial charge in [-0.2, -0.15) is 18.3 Å². The number of halogens is 3. The van der Waals surface area contributed by atoms with Gasteiger partial charge in [-0.25, -0.2) is 4.68 Å². The highest BCUT2D eigenvalue weighted by molar-refractivity contribution is 5.79. The summed E-state index contributed by atoms with van der Waals surface area (Å²) in [6.45, 7) is 4.15. The second kappa shape index (κ2) is 9.63. The van der Waals surface area contributed by atoms with E-state index < -0.39 is 11.7 Å². The number of aromatic nitrogens is 3. The van der Waals surface area contributed by atoms with Crippen molar-refractivity contribution >= 4 is 5.96 Å². The van der Waals surface area contributed by atoms with Gasteiger partial charge in [-0.3, -0.25) is 9.98 Å². The quantitative estimate of drug-likeness (QED) is 0.461. The molecule has 0 aliphatic heterocycles. The average Bonchev–Trinajstić information content (AvgIpc) is 3.08.